The van der Waals surface area contributed by atoms with Gasteiger partial charge in [0.25, 0.3) is 5.91 Å². The van der Waals surface area contributed by atoms with E-state index in [2.05, 4.69) is 24.1 Å². The van der Waals surface area contributed by atoms with Gasteiger partial charge in [0, 0.05) is 56.1 Å². The molecule has 10 heteroatoms. The van der Waals surface area contributed by atoms with Gasteiger partial charge in [-0.15, -0.1) is 0 Å². The first kappa shape index (κ1) is 28.9. The highest BCUT2D eigenvalue weighted by Crippen LogP contribution is 2.33. The molecule has 3 amide bonds. The van der Waals surface area contributed by atoms with Crippen LogP contribution in [0.25, 0.3) is 0 Å². The van der Waals surface area contributed by atoms with Gasteiger partial charge in [-0.2, -0.15) is 0 Å². The van der Waals surface area contributed by atoms with Crippen LogP contribution < -0.4 is 19.7 Å². The number of rotatable bonds is 9. The molecule has 3 aromatic carbocycles. The Hall–Kier alpha value is -4.60. The molecule has 0 unspecified atom stereocenters. The molecular formula is C32H35FN4O5. The summed E-state index contributed by atoms with van der Waals surface area (Å²) in [4.78, 5) is 44.5. The molecular weight excluding hydrogens is 539 g/mol. The van der Waals surface area contributed by atoms with Gasteiger partial charge in [0.1, 0.15) is 12.4 Å². The van der Waals surface area contributed by atoms with Gasteiger partial charge in [0.2, 0.25) is 18.6 Å². The quantitative estimate of drug-likeness (QED) is 0.404. The Labute approximate surface area is 244 Å². The van der Waals surface area contributed by atoms with Crippen molar-refractivity contribution in [3.63, 3.8) is 0 Å². The second-order valence-corrected chi connectivity index (χ2v) is 10.9. The number of amides is 3. The molecule has 0 radical (unpaired) electrons. The molecule has 0 aromatic heterocycles. The summed E-state index contributed by atoms with van der Waals surface area (Å²) >= 11 is 0. The standard InChI is InChI=1S/C32H35FN4O5/c1-22(2)17-31(39)36-15-13-35(14-16-36)27-10-8-26(9-11-27)34-30(38)20-37(19-23-3-6-25(33)7-4-23)32(40)24-5-12-28-29(18-24)42-21-41-28/h3-12,18,22H,13-17,19-21H2,1-2H3,(H,34,38). The van der Waals surface area contributed by atoms with E-state index in [0.29, 0.717) is 53.7 Å². The molecule has 3 aromatic rings. The number of nitrogens with one attached hydrogen (secondary N) is 1. The molecule has 5 rings (SSSR count). The molecule has 220 valence electrons. The summed E-state index contributed by atoms with van der Waals surface area (Å²) in [5, 5.41) is 2.88. The number of piperazine rings is 1. The Morgan fingerprint density at radius 3 is 2.29 bits per heavy atom. The number of carbonyl (C=O) groups is 3. The molecule has 9 nitrogen and oxygen atoms in total. The highest BCUT2D eigenvalue weighted by molar-refractivity contribution is 5.99. The fourth-order valence-corrected chi connectivity index (χ4v) is 5.04. The van der Waals surface area contributed by atoms with Gasteiger partial charge >= 0.3 is 0 Å². The van der Waals surface area contributed by atoms with Crippen LogP contribution in [0, 0.1) is 11.7 Å². The predicted molar refractivity (Wildman–Crippen MR) is 157 cm³/mol. The second-order valence-electron chi connectivity index (χ2n) is 10.9. The summed E-state index contributed by atoms with van der Waals surface area (Å²) in [7, 11) is 0. The molecule has 0 spiro atoms. The molecule has 42 heavy (non-hydrogen) atoms. The monoisotopic (exact) mass is 574 g/mol. The molecule has 0 bridgehead atoms. The lowest BCUT2D eigenvalue weighted by Crippen LogP contribution is -2.49. The Bertz CT molecular complexity index is 1420. The number of fused-ring (bicyclic) bond motifs is 1. The van der Waals surface area contributed by atoms with Crippen molar-refractivity contribution in [1.82, 2.24) is 9.80 Å². The van der Waals surface area contributed by atoms with Crippen LogP contribution in [0.3, 0.4) is 0 Å². The molecule has 0 aliphatic carbocycles. The van der Waals surface area contributed by atoms with Gasteiger partial charge in [0.15, 0.2) is 11.5 Å². The molecule has 1 saturated heterocycles. The van der Waals surface area contributed by atoms with E-state index in [1.165, 1.54) is 17.0 Å². The number of hydrogen-bond donors (Lipinski definition) is 1. The fraction of sp³-hybridized carbons (Fsp3) is 0.344. The van der Waals surface area contributed by atoms with Crippen molar-refractivity contribution < 1.29 is 28.2 Å². The first-order valence-electron chi connectivity index (χ1n) is 14.1. The number of halogens is 1. The summed E-state index contributed by atoms with van der Waals surface area (Å²) < 4.78 is 24.2. The lowest BCUT2D eigenvalue weighted by molar-refractivity contribution is -0.132. The van der Waals surface area contributed by atoms with E-state index in [4.69, 9.17) is 9.47 Å². The maximum Gasteiger partial charge on any atom is 0.254 e. The average Bonchev–Trinajstić information content (AvgIpc) is 3.46. The zero-order chi connectivity index (χ0) is 29.6. The Morgan fingerprint density at radius 1 is 0.905 bits per heavy atom. The minimum absolute atomic E-state index is 0.0850. The van der Waals surface area contributed by atoms with Crippen LogP contribution in [0.4, 0.5) is 15.8 Å². The maximum atomic E-state index is 13.5. The highest BCUT2D eigenvalue weighted by Gasteiger charge is 2.24. The number of anilines is 2. The molecule has 2 aliphatic heterocycles. The van der Waals surface area contributed by atoms with E-state index < -0.39 is 0 Å². The fourth-order valence-electron chi connectivity index (χ4n) is 5.04. The van der Waals surface area contributed by atoms with Gasteiger partial charge < -0.3 is 29.5 Å². The van der Waals surface area contributed by atoms with Crippen LogP contribution in [-0.2, 0) is 16.1 Å². The molecule has 1 fully saturated rings. The molecule has 2 aliphatic rings. The Balaban J connectivity index is 1.21. The second kappa shape index (κ2) is 12.9. The number of ether oxygens (including phenoxy) is 2. The Kier molecular flexibility index (Phi) is 8.90. The number of nitrogens with zero attached hydrogens (tertiary/aromatic N) is 3. The number of benzene rings is 3. The van der Waals surface area contributed by atoms with Crippen LogP contribution in [0.1, 0.15) is 36.2 Å². The summed E-state index contributed by atoms with van der Waals surface area (Å²) in [6.45, 7) is 6.96. The van der Waals surface area contributed by atoms with E-state index in [1.807, 2.05) is 29.2 Å². The summed E-state index contributed by atoms with van der Waals surface area (Å²) in [6, 6.07) is 18.2. The third kappa shape index (κ3) is 7.18. The third-order valence-electron chi connectivity index (χ3n) is 7.26. The number of carbonyl (C=O) groups excluding carboxylic acids is 3. The van der Waals surface area contributed by atoms with E-state index in [9.17, 15) is 18.8 Å². The van der Waals surface area contributed by atoms with E-state index in [0.717, 1.165) is 18.8 Å². The topological polar surface area (TPSA) is 91.4 Å². The molecule has 1 N–H and O–H groups in total. The zero-order valence-electron chi connectivity index (χ0n) is 23.8. The molecule has 0 saturated carbocycles. The highest BCUT2D eigenvalue weighted by atomic mass is 19.1. The van der Waals surface area contributed by atoms with Crippen LogP contribution in [0.5, 0.6) is 11.5 Å². The largest absolute Gasteiger partial charge is 0.454 e. The lowest BCUT2D eigenvalue weighted by atomic mass is 10.1. The summed E-state index contributed by atoms with van der Waals surface area (Å²) in [6.07, 6.45) is 0.567. The summed E-state index contributed by atoms with van der Waals surface area (Å²) in [5.74, 6) is 0.457. The number of hydrogen-bond acceptors (Lipinski definition) is 6. The average molecular weight is 575 g/mol. The first-order chi connectivity index (χ1) is 20.2. The van der Waals surface area contributed by atoms with Crippen LogP contribution in [-0.4, -0.2) is 67.0 Å². The van der Waals surface area contributed by atoms with Crippen molar-refractivity contribution in [1.29, 1.82) is 0 Å². The van der Waals surface area contributed by atoms with E-state index in [1.54, 1.807) is 30.3 Å². The molecule has 0 atom stereocenters. The van der Waals surface area contributed by atoms with Crippen molar-refractivity contribution in [2.45, 2.75) is 26.8 Å². The smallest absolute Gasteiger partial charge is 0.254 e. The van der Waals surface area contributed by atoms with Gasteiger partial charge in [-0.3, -0.25) is 14.4 Å². The van der Waals surface area contributed by atoms with Crippen LogP contribution in [0.2, 0.25) is 0 Å². The van der Waals surface area contributed by atoms with Crippen molar-refractivity contribution in [3.8, 4) is 11.5 Å². The van der Waals surface area contributed by atoms with Gasteiger partial charge in [0.05, 0.1) is 0 Å². The third-order valence-corrected chi connectivity index (χ3v) is 7.26. The molecule has 2 heterocycles. The van der Waals surface area contributed by atoms with Crippen molar-refractivity contribution in [2.24, 2.45) is 5.92 Å². The van der Waals surface area contributed by atoms with E-state index in [-0.39, 0.29) is 43.4 Å². The van der Waals surface area contributed by atoms with Gasteiger partial charge in [-0.05, 0) is 66.1 Å². The minimum atomic E-state index is -0.380. The van der Waals surface area contributed by atoms with Gasteiger partial charge in [-0.25, -0.2) is 4.39 Å². The zero-order valence-corrected chi connectivity index (χ0v) is 23.8. The summed E-state index contributed by atoms with van der Waals surface area (Å²) in [5.41, 5.74) is 2.66. The SMILES string of the molecule is CC(C)CC(=O)N1CCN(c2ccc(NC(=O)CN(Cc3ccc(F)cc3)C(=O)c3ccc4c(c3)OCO4)cc2)CC1. The van der Waals surface area contributed by atoms with E-state index >= 15 is 0 Å². The van der Waals surface area contributed by atoms with Gasteiger partial charge in [-0.1, -0.05) is 26.0 Å². The normalized spacial score (nSPS) is 14.2. The van der Waals surface area contributed by atoms with Crippen molar-refractivity contribution >= 4 is 29.1 Å². The van der Waals surface area contributed by atoms with Crippen molar-refractivity contribution in [3.05, 3.63) is 83.7 Å². The maximum absolute atomic E-state index is 13.5. The van der Waals surface area contributed by atoms with Crippen LogP contribution >= 0.6 is 0 Å². The first-order valence-corrected chi connectivity index (χ1v) is 14.1. The lowest BCUT2D eigenvalue weighted by Gasteiger charge is -2.36. The predicted octanol–water partition coefficient (Wildman–Crippen LogP) is 4.53. The Morgan fingerprint density at radius 2 is 1.60 bits per heavy atom. The van der Waals surface area contributed by atoms with Crippen LogP contribution in [0.15, 0.2) is 66.7 Å². The minimum Gasteiger partial charge on any atom is -0.454 e. The van der Waals surface area contributed by atoms with Crippen molar-refractivity contribution in [2.75, 3.05) is 49.7 Å².